The minimum absolute atomic E-state index is 0.0129. The summed E-state index contributed by atoms with van der Waals surface area (Å²) in [4.78, 5) is 37.5. The van der Waals surface area contributed by atoms with Crippen molar-refractivity contribution in [2.45, 2.75) is 38.1 Å². The summed E-state index contributed by atoms with van der Waals surface area (Å²) < 4.78 is 4.96. The Bertz CT molecular complexity index is 1020. The fraction of sp³-hybridized carbons (Fsp3) is 0.276. The third kappa shape index (κ3) is 6.15. The lowest BCUT2D eigenvalue weighted by Crippen LogP contribution is -2.48. The molecule has 2 atom stereocenters. The number of aliphatic carboxylic acids is 1. The molecule has 6 heteroatoms. The number of benzene rings is 3. The van der Waals surface area contributed by atoms with Gasteiger partial charge in [0.15, 0.2) is 0 Å². The SMILES string of the molecule is CCOC(=O)C[C@H](C)[C@H](NC(=O)CC(c1ccccc1)(c1ccccc1)c1ccccc1)C(=O)O. The van der Waals surface area contributed by atoms with Gasteiger partial charge in [0.25, 0.3) is 0 Å². The molecule has 0 aliphatic rings. The third-order valence-corrected chi connectivity index (χ3v) is 6.17. The largest absolute Gasteiger partial charge is 0.480 e. The predicted molar refractivity (Wildman–Crippen MR) is 134 cm³/mol. The number of amides is 1. The van der Waals surface area contributed by atoms with Gasteiger partial charge in [-0.3, -0.25) is 9.59 Å². The van der Waals surface area contributed by atoms with Crippen molar-refractivity contribution in [2.75, 3.05) is 6.61 Å². The van der Waals surface area contributed by atoms with Crippen molar-refractivity contribution in [3.63, 3.8) is 0 Å². The van der Waals surface area contributed by atoms with Crippen LogP contribution in [0.25, 0.3) is 0 Å². The number of nitrogens with one attached hydrogen (secondary N) is 1. The highest BCUT2D eigenvalue weighted by Gasteiger charge is 2.39. The molecule has 0 fully saturated rings. The molecule has 2 N–H and O–H groups in total. The van der Waals surface area contributed by atoms with E-state index in [1.165, 1.54) is 0 Å². The van der Waals surface area contributed by atoms with Crippen LogP contribution in [0.1, 0.15) is 43.4 Å². The Balaban J connectivity index is 2.01. The zero-order chi connectivity index (χ0) is 25.3. The van der Waals surface area contributed by atoms with Gasteiger partial charge in [-0.05, 0) is 29.5 Å². The quantitative estimate of drug-likeness (QED) is 0.314. The number of ether oxygens (including phenoxy) is 1. The molecule has 0 radical (unpaired) electrons. The van der Waals surface area contributed by atoms with Gasteiger partial charge < -0.3 is 15.2 Å². The first-order chi connectivity index (χ1) is 16.9. The van der Waals surface area contributed by atoms with Crippen LogP contribution in [0.5, 0.6) is 0 Å². The Kier molecular flexibility index (Phi) is 8.79. The van der Waals surface area contributed by atoms with E-state index in [9.17, 15) is 19.5 Å². The Labute approximate surface area is 206 Å². The highest BCUT2D eigenvalue weighted by molar-refractivity contribution is 5.86. The number of rotatable bonds is 11. The maximum absolute atomic E-state index is 13.5. The number of carboxylic acid groups (broad SMARTS) is 1. The molecule has 0 aliphatic carbocycles. The lowest BCUT2D eigenvalue weighted by atomic mass is 9.67. The summed E-state index contributed by atoms with van der Waals surface area (Å²) in [6, 6.07) is 27.9. The number of hydrogen-bond acceptors (Lipinski definition) is 4. The van der Waals surface area contributed by atoms with Gasteiger partial charge >= 0.3 is 11.9 Å². The molecule has 0 aliphatic heterocycles. The number of esters is 1. The van der Waals surface area contributed by atoms with Gasteiger partial charge in [-0.25, -0.2) is 4.79 Å². The van der Waals surface area contributed by atoms with Crippen LogP contribution in [-0.4, -0.2) is 35.6 Å². The summed E-state index contributed by atoms with van der Waals surface area (Å²) in [5.41, 5.74) is 1.90. The van der Waals surface area contributed by atoms with Gasteiger partial charge in [0.1, 0.15) is 6.04 Å². The zero-order valence-corrected chi connectivity index (χ0v) is 20.0. The average molecular weight is 474 g/mol. The van der Waals surface area contributed by atoms with Gasteiger partial charge in [0.2, 0.25) is 5.91 Å². The van der Waals surface area contributed by atoms with Gasteiger partial charge in [-0.15, -0.1) is 0 Å². The molecule has 0 unspecified atom stereocenters. The Morgan fingerprint density at radius 3 is 1.63 bits per heavy atom. The van der Waals surface area contributed by atoms with E-state index in [2.05, 4.69) is 5.32 Å². The van der Waals surface area contributed by atoms with E-state index in [0.29, 0.717) is 0 Å². The van der Waals surface area contributed by atoms with Crippen LogP contribution < -0.4 is 5.32 Å². The highest BCUT2D eigenvalue weighted by atomic mass is 16.5. The normalized spacial score (nSPS) is 12.9. The number of hydrogen-bond donors (Lipinski definition) is 2. The molecule has 0 saturated heterocycles. The first kappa shape index (κ1) is 25.7. The Morgan fingerprint density at radius 2 is 1.26 bits per heavy atom. The van der Waals surface area contributed by atoms with Crippen LogP contribution in [0.4, 0.5) is 0 Å². The molecular formula is C29H31NO5. The van der Waals surface area contributed by atoms with E-state index in [-0.39, 0.29) is 19.4 Å². The van der Waals surface area contributed by atoms with Crippen molar-refractivity contribution in [3.05, 3.63) is 108 Å². The zero-order valence-electron chi connectivity index (χ0n) is 20.0. The molecular weight excluding hydrogens is 442 g/mol. The van der Waals surface area contributed by atoms with Gasteiger partial charge in [0, 0.05) is 6.42 Å². The van der Waals surface area contributed by atoms with E-state index in [0.717, 1.165) is 16.7 Å². The highest BCUT2D eigenvalue weighted by Crippen LogP contribution is 2.42. The monoisotopic (exact) mass is 473 g/mol. The predicted octanol–water partition coefficient (Wildman–Crippen LogP) is 4.57. The molecule has 6 nitrogen and oxygen atoms in total. The van der Waals surface area contributed by atoms with Gasteiger partial charge in [-0.1, -0.05) is 97.9 Å². The fourth-order valence-electron chi connectivity index (χ4n) is 4.49. The number of carbonyl (C=O) groups is 3. The lowest BCUT2D eigenvalue weighted by Gasteiger charge is -2.36. The molecule has 3 aromatic carbocycles. The van der Waals surface area contributed by atoms with Crippen LogP contribution in [0.15, 0.2) is 91.0 Å². The second-order valence-corrected chi connectivity index (χ2v) is 8.55. The average Bonchev–Trinajstić information content (AvgIpc) is 2.87. The minimum atomic E-state index is -1.23. The molecule has 3 rings (SSSR count). The fourth-order valence-corrected chi connectivity index (χ4v) is 4.49. The van der Waals surface area contributed by atoms with Crippen molar-refractivity contribution in [3.8, 4) is 0 Å². The van der Waals surface area contributed by atoms with Crippen LogP contribution in [0.2, 0.25) is 0 Å². The Hall–Kier alpha value is -3.93. The first-order valence-corrected chi connectivity index (χ1v) is 11.7. The van der Waals surface area contributed by atoms with Crippen molar-refractivity contribution < 1.29 is 24.2 Å². The van der Waals surface area contributed by atoms with Crippen molar-refractivity contribution in [1.29, 1.82) is 0 Å². The van der Waals surface area contributed by atoms with Crippen LogP contribution in [0.3, 0.4) is 0 Å². The van der Waals surface area contributed by atoms with Crippen molar-refractivity contribution >= 4 is 17.8 Å². The standard InChI is InChI=1S/C29H31NO5/c1-3-35-26(32)19-21(2)27(28(33)34)30-25(31)20-29(22-13-7-4-8-14-22,23-15-9-5-10-16-23)24-17-11-6-12-18-24/h4-18,21,27H,3,19-20H2,1-2H3,(H,30,31)(H,33,34)/t21-,27-/m0/s1. The molecule has 35 heavy (non-hydrogen) atoms. The number of carboxylic acids is 1. The summed E-state index contributed by atoms with van der Waals surface area (Å²) in [6.45, 7) is 3.52. The van der Waals surface area contributed by atoms with Gasteiger partial charge in [-0.2, -0.15) is 0 Å². The van der Waals surface area contributed by atoms with E-state index in [1.807, 2.05) is 91.0 Å². The second kappa shape index (κ2) is 12.0. The third-order valence-electron chi connectivity index (χ3n) is 6.17. The molecule has 3 aromatic rings. The molecule has 0 heterocycles. The van der Waals surface area contributed by atoms with E-state index in [1.54, 1.807) is 13.8 Å². The maximum Gasteiger partial charge on any atom is 0.326 e. The molecule has 0 bridgehead atoms. The first-order valence-electron chi connectivity index (χ1n) is 11.7. The molecule has 0 aromatic heterocycles. The number of carbonyl (C=O) groups excluding carboxylic acids is 2. The topological polar surface area (TPSA) is 92.7 Å². The molecule has 0 spiro atoms. The summed E-state index contributed by atoms with van der Waals surface area (Å²) in [5.74, 6) is -2.76. The van der Waals surface area contributed by atoms with Gasteiger partial charge in [0.05, 0.1) is 18.4 Å². The molecule has 1 amide bonds. The van der Waals surface area contributed by atoms with Crippen LogP contribution in [-0.2, 0) is 24.5 Å². The smallest absolute Gasteiger partial charge is 0.326 e. The molecule has 0 saturated carbocycles. The maximum atomic E-state index is 13.5. The van der Waals surface area contributed by atoms with Crippen molar-refractivity contribution in [2.24, 2.45) is 5.92 Å². The lowest BCUT2D eigenvalue weighted by molar-refractivity contribution is -0.147. The Morgan fingerprint density at radius 1 is 0.829 bits per heavy atom. The summed E-state index contributed by atoms with van der Waals surface area (Å²) in [5, 5.41) is 12.5. The van der Waals surface area contributed by atoms with Crippen molar-refractivity contribution in [1.82, 2.24) is 5.32 Å². The summed E-state index contributed by atoms with van der Waals surface area (Å²) in [7, 11) is 0. The van der Waals surface area contributed by atoms with Crippen LogP contribution in [0, 0.1) is 5.92 Å². The molecule has 182 valence electrons. The summed E-state index contributed by atoms with van der Waals surface area (Å²) >= 11 is 0. The summed E-state index contributed by atoms with van der Waals surface area (Å²) in [6.07, 6.45) is -0.118. The van der Waals surface area contributed by atoms with E-state index < -0.39 is 35.2 Å². The minimum Gasteiger partial charge on any atom is -0.480 e. The van der Waals surface area contributed by atoms with E-state index >= 15 is 0 Å². The van der Waals surface area contributed by atoms with Crippen LogP contribution >= 0.6 is 0 Å². The second-order valence-electron chi connectivity index (χ2n) is 8.55. The van der Waals surface area contributed by atoms with E-state index in [4.69, 9.17) is 4.74 Å².